The number of benzene rings is 3. The summed E-state index contributed by atoms with van der Waals surface area (Å²) in [4.78, 5) is 25.6. The van der Waals surface area contributed by atoms with E-state index in [4.69, 9.17) is 14.9 Å². The van der Waals surface area contributed by atoms with Crippen LogP contribution in [0.4, 0.5) is 5.69 Å². The summed E-state index contributed by atoms with van der Waals surface area (Å²) in [5, 5.41) is 11.1. The van der Waals surface area contributed by atoms with E-state index >= 15 is 0 Å². The highest BCUT2D eigenvalue weighted by atomic mass is 16.6. The van der Waals surface area contributed by atoms with Crippen molar-refractivity contribution in [3.63, 3.8) is 0 Å². The van der Waals surface area contributed by atoms with E-state index < -0.39 is 28.5 Å². The van der Waals surface area contributed by atoms with Gasteiger partial charge in [0.1, 0.15) is 5.60 Å². The lowest BCUT2D eigenvalue weighted by Crippen LogP contribution is -2.24. The van der Waals surface area contributed by atoms with E-state index in [1.165, 1.54) is 0 Å². The molecule has 0 amide bonds. The van der Waals surface area contributed by atoms with Gasteiger partial charge in [0, 0.05) is 12.2 Å². The minimum absolute atomic E-state index is 0.133. The predicted octanol–water partition coefficient (Wildman–Crippen LogP) is 6.01. The largest absolute Gasteiger partial charge is 0.501 e. The van der Waals surface area contributed by atoms with E-state index in [-0.39, 0.29) is 11.0 Å². The third kappa shape index (κ3) is 4.33. The molecule has 188 valence electrons. The summed E-state index contributed by atoms with van der Waals surface area (Å²) < 4.78 is 13.2. The molecule has 0 atom stereocenters. The van der Waals surface area contributed by atoms with Crippen molar-refractivity contribution in [2.24, 2.45) is 0 Å². The Hall–Kier alpha value is -4.52. The molecule has 0 fully saturated rings. The van der Waals surface area contributed by atoms with Gasteiger partial charge < -0.3 is 24.6 Å². The molecule has 0 aliphatic rings. The Morgan fingerprint density at radius 2 is 1.65 bits per heavy atom. The van der Waals surface area contributed by atoms with Gasteiger partial charge in [-0.15, -0.1) is 0 Å². The lowest BCUT2D eigenvalue weighted by Gasteiger charge is -2.19. The molecule has 7 heteroatoms. The molecule has 3 aromatic carbocycles. The Kier molecular flexibility index (Phi) is 5.79. The minimum Gasteiger partial charge on any atom is -0.501 e. The predicted molar refractivity (Wildman–Crippen MR) is 145 cm³/mol. The van der Waals surface area contributed by atoms with Gasteiger partial charge in [0.2, 0.25) is 11.2 Å². The number of carbonyl (C=O) groups is 1. The number of rotatable bonds is 4. The molecule has 0 radical (unpaired) electrons. The second-order valence-corrected chi connectivity index (χ2v) is 10.1. The summed E-state index contributed by atoms with van der Waals surface area (Å²) in [5.74, 6) is -2.25. The number of esters is 1. The molecule has 2 heterocycles. The zero-order valence-electron chi connectivity index (χ0n) is 21.2. The lowest BCUT2D eigenvalue weighted by molar-refractivity contribution is 0.00322. The van der Waals surface area contributed by atoms with Crippen LogP contribution >= 0.6 is 0 Å². The quantitative estimate of drug-likeness (QED) is 0.295. The number of nitrogens with zero attached hydrogens (tertiary/aromatic N) is 1. The van der Waals surface area contributed by atoms with Gasteiger partial charge in [0.25, 0.3) is 5.76 Å². The van der Waals surface area contributed by atoms with Crippen LogP contribution in [-0.2, 0) is 11.3 Å². The zero-order valence-corrected chi connectivity index (χ0v) is 21.2. The molecule has 0 bridgehead atoms. The first kappa shape index (κ1) is 24.2. The van der Waals surface area contributed by atoms with Gasteiger partial charge >= 0.3 is 5.97 Å². The summed E-state index contributed by atoms with van der Waals surface area (Å²) >= 11 is 0. The Bertz CT molecular complexity index is 1710. The summed E-state index contributed by atoms with van der Waals surface area (Å²) in [6, 6.07) is 21.8. The number of carbonyl (C=O) groups excluding carboxylic acids is 1. The highest BCUT2D eigenvalue weighted by molar-refractivity contribution is 6.11. The second kappa shape index (κ2) is 8.85. The molecular weight excluding hydrogens is 468 g/mol. The zero-order chi connectivity index (χ0) is 26.5. The number of nitrogens with two attached hydrogens (primary N) is 1. The van der Waals surface area contributed by atoms with Gasteiger partial charge in [-0.2, -0.15) is 0 Å². The lowest BCUT2D eigenvalue weighted by atomic mass is 10.0. The smallest absolute Gasteiger partial charge is 0.378 e. The topological polar surface area (TPSA) is 108 Å². The van der Waals surface area contributed by atoms with Gasteiger partial charge in [-0.25, -0.2) is 4.79 Å². The number of ether oxygens (including phenoxy) is 1. The third-order valence-corrected chi connectivity index (χ3v) is 6.36. The monoisotopic (exact) mass is 496 g/mol. The number of anilines is 1. The number of aromatic nitrogens is 1. The summed E-state index contributed by atoms with van der Waals surface area (Å²) in [7, 11) is 0. The van der Waals surface area contributed by atoms with Gasteiger partial charge in [-0.05, 0) is 56.5 Å². The highest BCUT2D eigenvalue weighted by Gasteiger charge is 2.27. The first-order valence-corrected chi connectivity index (χ1v) is 12.0. The molecule has 2 aromatic heterocycles. The van der Waals surface area contributed by atoms with Crippen molar-refractivity contribution in [2.75, 3.05) is 5.73 Å². The van der Waals surface area contributed by atoms with Crippen LogP contribution in [0.5, 0.6) is 5.75 Å². The number of hydrogen-bond donors (Lipinski definition) is 2. The summed E-state index contributed by atoms with van der Waals surface area (Å²) in [6.07, 6.45) is 0. The van der Waals surface area contributed by atoms with Crippen LogP contribution < -0.4 is 11.2 Å². The van der Waals surface area contributed by atoms with Gasteiger partial charge in [-0.3, -0.25) is 4.79 Å². The molecule has 3 N–H and O–H groups in total. The normalized spacial score (nSPS) is 11.8. The molecule has 7 nitrogen and oxygen atoms in total. The van der Waals surface area contributed by atoms with Crippen LogP contribution in [0.2, 0.25) is 0 Å². The van der Waals surface area contributed by atoms with Crippen molar-refractivity contribution in [1.82, 2.24) is 4.57 Å². The highest BCUT2D eigenvalue weighted by Crippen LogP contribution is 2.36. The fourth-order valence-electron chi connectivity index (χ4n) is 4.51. The number of aromatic hydroxyl groups is 1. The van der Waals surface area contributed by atoms with Crippen LogP contribution in [0.15, 0.2) is 75.9 Å². The number of nitrogen functional groups attached to an aromatic ring is 1. The second-order valence-electron chi connectivity index (χ2n) is 10.1. The Balaban J connectivity index is 1.61. The fraction of sp³-hybridized carbons (Fsp3) is 0.200. The molecule has 0 aliphatic carbocycles. The average Bonchev–Trinajstić information content (AvgIpc) is 3.11. The summed E-state index contributed by atoms with van der Waals surface area (Å²) in [5.41, 5.74) is 10.4. The van der Waals surface area contributed by atoms with E-state index in [1.54, 1.807) is 32.9 Å². The molecule has 0 spiro atoms. The van der Waals surface area contributed by atoms with Gasteiger partial charge in [0.15, 0.2) is 5.58 Å². The summed E-state index contributed by atoms with van der Waals surface area (Å²) in [6.45, 7) is 7.50. The van der Waals surface area contributed by atoms with Crippen molar-refractivity contribution in [1.29, 1.82) is 0 Å². The van der Waals surface area contributed by atoms with E-state index in [2.05, 4.69) is 36.4 Å². The maximum absolute atomic E-state index is 12.9. The van der Waals surface area contributed by atoms with E-state index in [0.29, 0.717) is 17.6 Å². The van der Waals surface area contributed by atoms with Crippen LogP contribution in [0, 0.1) is 6.92 Å². The maximum atomic E-state index is 12.9. The van der Waals surface area contributed by atoms with Crippen LogP contribution in [0.25, 0.3) is 33.0 Å². The minimum atomic E-state index is -0.922. The molecule has 37 heavy (non-hydrogen) atoms. The number of fused-ring (bicyclic) bond motifs is 3. The molecule has 0 saturated carbocycles. The first-order chi connectivity index (χ1) is 17.5. The molecule has 0 unspecified atom stereocenters. The van der Waals surface area contributed by atoms with Crippen LogP contribution in [0.1, 0.15) is 42.6 Å². The maximum Gasteiger partial charge on any atom is 0.378 e. The molecule has 5 rings (SSSR count). The van der Waals surface area contributed by atoms with Crippen LogP contribution in [0.3, 0.4) is 0 Å². The van der Waals surface area contributed by atoms with Crippen LogP contribution in [-0.4, -0.2) is 21.2 Å². The van der Waals surface area contributed by atoms with E-state index in [9.17, 15) is 14.7 Å². The first-order valence-electron chi connectivity index (χ1n) is 12.0. The van der Waals surface area contributed by atoms with Crippen molar-refractivity contribution >= 4 is 33.5 Å². The SMILES string of the molecule is Cc1c(N)c2c3oc(C(=O)OC(C)(C)C)c(O)c(=O)c3ccc2n1Cc1ccc(-c2ccccc2)cc1. The van der Waals surface area contributed by atoms with Gasteiger partial charge in [-0.1, -0.05) is 54.6 Å². The molecule has 5 aromatic rings. The fourth-order valence-corrected chi connectivity index (χ4v) is 4.51. The van der Waals surface area contributed by atoms with E-state index in [0.717, 1.165) is 27.9 Å². The standard InChI is InChI=1S/C30H28N2O5/c1-17-24(31)23-22(32(17)16-18-10-12-20(13-11-18)19-8-6-5-7-9-19)15-14-21-25(33)26(34)28(36-27(21)23)29(35)37-30(2,3)4/h5-15,34H,16,31H2,1-4H3. The number of hydrogen-bond acceptors (Lipinski definition) is 6. The Labute approximate surface area is 213 Å². The average molecular weight is 497 g/mol. The Morgan fingerprint density at radius 1 is 1.00 bits per heavy atom. The van der Waals surface area contributed by atoms with Crippen molar-refractivity contribution < 1.29 is 19.1 Å². The molecular formula is C30H28N2O5. The van der Waals surface area contributed by atoms with Gasteiger partial charge in [0.05, 0.1) is 22.0 Å². The van der Waals surface area contributed by atoms with Crippen molar-refractivity contribution in [3.05, 3.63) is 94.0 Å². The third-order valence-electron chi connectivity index (χ3n) is 6.36. The van der Waals surface area contributed by atoms with Crippen molar-refractivity contribution in [3.8, 4) is 16.9 Å². The van der Waals surface area contributed by atoms with Crippen molar-refractivity contribution in [2.45, 2.75) is 39.8 Å². The molecule has 0 aliphatic heterocycles. The van der Waals surface area contributed by atoms with E-state index in [1.807, 2.05) is 29.7 Å². The molecule has 0 saturated heterocycles. The Morgan fingerprint density at radius 3 is 2.30 bits per heavy atom.